The van der Waals surface area contributed by atoms with Gasteiger partial charge >= 0.3 is 5.69 Å². The maximum Gasteiger partial charge on any atom is 0.343 e. The summed E-state index contributed by atoms with van der Waals surface area (Å²) in [5.41, 5.74) is 0.809. The summed E-state index contributed by atoms with van der Waals surface area (Å²) in [6.07, 6.45) is 0. The molecule has 78 valence electrons. The standard InChI is InChI=1S/C10H12N4O/c1-14-10(15)12-9(13-14)7-11-8-5-3-2-4-6-8/h2-6,11H,7H2,1H3,(H,12,13,15). The fourth-order valence-corrected chi connectivity index (χ4v) is 1.28. The molecule has 2 N–H and O–H groups in total. The van der Waals surface area contributed by atoms with Crippen molar-refractivity contribution < 1.29 is 0 Å². The normalized spacial score (nSPS) is 10.2. The average Bonchev–Trinajstić information content (AvgIpc) is 2.57. The maximum absolute atomic E-state index is 11.1. The van der Waals surface area contributed by atoms with Crippen LogP contribution in [0.4, 0.5) is 5.69 Å². The molecule has 0 unspecified atom stereocenters. The van der Waals surface area contributed by atoms with E-state index in [2.05, 4.69) is 15.4 Å². The zero-order valence-electron chi connectivity index (χ0n) is 8.40. The van der Waals surface area contributed by atoms with Crippen molar-refractivity contribution in [2.45, 2.75) is 6.54 Å². The molecule has 0 bridgehead atoms. The molecule has 5 heteroatoms. The van der Waals surface area contributed by atoms with Crippen LogP contribution in [0.25, 0.3) is 0 Å². The minimum atomic E-state index is -0.195. The van der Waals surface area contributed by atoms with Crippen LogP contribution in [-0.4, -0.2) is 14.8 Å². The Kier molecular flexibility index (Phi) is 2.53. The van der Waals surface area contributed by atoms with Crippen LogP contribution in [0, 0.1) is 0 Å². The van der Waals surface area contributed by atoms with Crippen molar-refractivity contribution in [3.8, 4) is 0 Å². The summed E-state index contributed by atoms with van der Waals surface area (Å²) in [6, 6.07) is 9.77. The molecule has 1 aromatic heterocycles. The number of H-pyrrole nitrogens is 1. The highest BCUT2D eigenvalue weighted by Gasteiger charge is 2.00. The van der Waals surface area contributed by atoms with E-state index >= 15 is 0 Å². The summed E-state index contributed by atoms with van der Waals surface area (Å²) in [5.74, 6) is 0.631. The summed E-state index contributed by atoms with van der Waals surface area (Å²) in [5, 5.41) is 7.17. The molecule has 15 heavy (non-hydrogen) atoms. The van der Waals surface area contributed by atoms with Gasteiger partial charge in [0.1, 0.15) is 5.82 Å². The van der Waals surface area contributed by atoms with Crippen LogP contribution in [0.15, 0.2) is 35.1 Å². The minimum absolute atomic E-state index is 0.195. The molecule has 0 radical (unpaired) electrons. The summed E-state index contributed by atoms with van der Waals surface area (Å²) in [7, 11) is 1.62. The Bertz CT molecular complexity index is 486. The highest BCUT2D eigenvalue weighted by molar-refractivity contribution is 5.42. The molecule has 1 aromatic carbocycles. The van der Waals surface area contributed by atoms with E-state index in [0.717, 1.165) is 5.69 Å². The lowest BCUT2D eigenvalue weighted by Gasteiger charge is -2.02. The predicted octanol–water partition coefficient (Wildman–Crippen LogP) is 0.721. The monoisotopic (exact) mass is 204 g/mol. The molecule has 0 aliphatic carbocycles. The molecule has 1 heterocycles. The molecule has 0 amide bonds. The second kappa shape index (κ2) is 4.00. The van der Waals surface area contributed by atoms with Gasteiger partial charge in [0.2, 0.25) is 0 Å². The van der Waals surface area contributed by atoms with Crippen molar-refractivity contribution in [1.29, 1.82) is 0 Å². The van der Waals surface area contributed by atoms with E-state index in [4.69, 9.17) is 0 Å². The number of benzene rings is 1. The van der Waals surface area contributed by atoms with Gasteiger partial charge in [-0.25, -0.2) is 9.48 Å². The number of anilines is 1. The number of rotatable bonds is 3. The van der Waals surface area contributed by atoms with Crippen molar-refractivity contribution in [3.63, 3.8) is 0 Å². The lowest BCUT2D eigenvalue weighted by atomic mass is 10.3. The molecule has 0 aliphatic rings. The lowest BCUT2D eigenvalue weighted by Crippen LogP contribution is -2.13. The SMILES string of the molecule is Cn1nc(CNc2ccccc2)[nH]c1=O. The third-order valence-electron chi connectivity index (χ3n) is 2.05. The molecule has 0 spiro atoms. The maximum atomic E-state index is 11.1. The van der Waals surface area contributed by atoms with Crippen LogP contribution in [0.3, 0.4) is 0 Å². The molecule has 0 atom stereocenters. The van der Waals surface area contributed by atoms with Gasteiger partial charge in [-0.2, -0.15) is 5.10 Å². The summed E-state index contributed by atoms with van der Waals surface area (Å²) >= 11 is 0. The molecule has 2 aromatic rings. The van der Waals surface area contributed by atoms with Crippen molar-refractivity contribution in [2.75, 3.05) is 5.32 Å². The largest absolute Gasteiger partial charge is 0.378 e. The first kappa shape index (κ1) is 9.51. The van der Waals surface area contributed by atoms with Crippen LogP contribution >= 0.6 is 0 Å². The van der Waals surface area contributed by atoms with Gasteiger partial charge < -0.3 is 5.32 Å². The lowest BCUT2D eigenvalue weighted by molar-refractivity contribution is 0.722. The first-order valence-corrected chi connectivity index (χ1v) is 4.67. The third kappa shape index (κ3) is 2.25. The number of para-hydroxylation sites is 1. The zero-order valence-corrected chi connectivity index (χ0v) is 8.40. The fourth-order valence-electron chi connectivity index (χ4n) is 1.28. The zero-order chi connectivity index (χ0) is 10.7. The number of aromatic amines is 1. The molecule has 5 nitrogen and oxygen atoms in total. The molecule has 0 aliphatic heterocycles. The van der Waals surface area contributed by atoms with Crippen LogP contribution in [0.2, 0.25) is 0 Å². The molecular weight excluding hydrogens is 192 g/mol. The van der Waals surface area contributed by atoms with E-state index in [1.165, 1.54) is 4.68 Å². The van der Waals surface area contributed by atoms with Crippen molar-refractivity contribution in [3.05, 3.63) is 46.6 Å². The molecule has 0 saturated carbocycles. The predicted molar refractivity (Wildman–Crippen MR) is 57.6 cm³/mol. The average molecular weight is 204 g/mol. The molecule has 0 saturated heterocycles. The third-order valence-corrected chi connectivity index (χ3v) is 2.05. The molecular formula is C10H12N4O. The molecule has 2 rings (SSSR count). The van der Waals surface area contributed by atoms with Gasteiger partial charge in [-0.05, 0) is 12.1 Å². The first-order chi connectivity index (χ1) is 7.25. The van der Waals surface area contributed by atoms with Crippen molar-refractivity contribution >= 4 is 5.69 Å². The van der Waals surface area contributed by atoms with Crippen LogP contribution < -0.4 is 11.0 Å². The highest BCUT2D eigenvalue weighted by Crippen LogP contribution is 2.05. The highest BCUT2D eigenvalue weighted by atomic mass is 16.1. The second-order valence-corrected chi connectivity index (χ2v) is 3.22. The number of hydrogen-bond donors (Lipinski definition) is 2. The van der Waals surface area contributed by atoms with E-state index in [-0.39, 0.29) is 5.69 Å². The number of nitrogens with zero attached hydrogens (tertiary/aromatic N) is 2. The minimum Gasteiger partial charge on any atom is -0.378 e. The Morgan fingerprint density at radius 2 is 2.13 bits per heavy atom. The number of aromatic nitrogens is 3. The fraction of sp³-hybridized carbons (Fsp3) is 0.200. The van der Waals surface area contributed by atoms with Gasteiger partial charge in [-0.15, -0.1) is 0 Å². The van der Waals surface area contributed by atoms with Gasteiger partial charge in [0.15, 0.2) is 0 Å². The van der Waals surface area contributed by atoms with Gasteiger partial charge in [0, 0.05) is 12.7 Å². The number of hydrogen-bond acceptors (Lipinski definition) is 3. The van der Waals surface area contributed by atoms with E-state index < -0.39 is 0 Å². The van der Waals surface area contributed by atoms with E-state index in [1.54, 1.807) is 7.05 Å². The second-order valence-electron chi connectivity index (χ2n) is 3.22. The Labute approximate surface area is 86.8 Å². The summed E-state index contributed by atoms with van der Waals surface area (Å²) < 4.78 is 1.28. The Morgan fingerprint density at radius 3 is 2.73 bits per heavy atom. The summed E-state index contributed by atoms with van der Waals surface area (Å²) in [4.78, 5) is 13.7. The Balaban J connectivity index is 2.02. The van der Waals surface area contributed by atoms with Gasteiger partial charge in [0.25, 0.3) is 0 Å². The van der Waals surface area contributed by atoms with Crippen LogP contribution in [-0.2, 0) is 13.6 Å². The van der Waals surface area contributed by atoms with Crippen LogP contribution in [0.5, 0.6) is 0 Å². The van der Waals surface area contributed by atoms with E-state index in [1.807, 2.05) is 30.3 Å². The smallest absolute Gasteiger partial charge is 0.343 e. The Morgan fingerprint density at radius 1 is 1.40 bits per heavy atom. The Hall–Kier alpha value is -2.04. The number of aryl methyl sites for hydroxylation is 1. The topological polar surface area (TPSA) is 62.7 Å². The quantitative estimate of drug-likeness (QED) is 0.774. The molecule has 0 fully saturated rings. The van der Waals surface area contributed by atoms with E-state index in [9.17, 15) is 4.79 Å². The number of nitrogens with one attached hydrogen (secondary N) is 2. The van der Waals surface area contributed by atoms with Crippen molar-refractivity contribution in [1.82, 2.24) is 14.8 Å². The van der Waals surface area contributed by atoms with Gasteiger partial charge in [0.05, 0.1) is 6.54 Å². The van der Waals surface area contributed by atoms with Crippen molar-refractivity contribution in [2.24, 2.45) is 7.05 Å². The first-order valence-electron chi connectivity index (χ1n) is 4.67. The summed E-state index contributed by atoms with van der Waals surface area (Å²) in [6.45, 7) is 0.514. The van der Waals surface area contributed by atoms with Crippen LogP contribution in [0.1, 0.15) is 5.82 Å². The van der Waals surface area contributed by atoms with Gasteiger partial charge in [-0.1, -0.05) is 18.2 Å². The van der Waals surface area contributed by atoms with E-state index in [0.29, 0.717) is 12.4 Å². The van der Waals surface area contributed by atoms with Gasteiger partial charge in [-0.3, -0.25) is 4.98 Å².